The predicted octanol–water partition coefficient (Wildman–Crippen LogP) is 3.08. The first-order valence-electron chi connectivity index (χ1n) is 17.5. The van der Waals surface area contributed by atoms with Gasteiger partial charge in [-0.1, -0.05) is 37.1 Å². The number of nitrogens with one attached hydrogen (secondary N) is 3. The van der Waals surface area contributed by atoms with E-state index in [4.69, 9.17) is 4.74 Å². The maximum absolute atomic E-state index is 14.4. The van der Waals surface area contributed by atoms with Gasteiger partial charge < -0.3 is 20.3 Å². The third-order valence-electron chi connectivity index (χ3n) is 10.3. The van der Waals surface area contributed by atoms with Crippen molar-refractivity contribution in [3.05, 3.63) is 47.3 Å². The molecule has 0 radical (unpaired) electrons. The number of nitrogens with zero attached hydrogens (tertiary/aromatic N) is 2. The molecule has 2 aliphatic carbocycles. The molecule has 5 amide bonds. The van der Waals surface area contributed by atoms with Gasteiger partial charge in [0.15, 0.2) is 0 Å². The number of ether oxygens (including phenoxy) is 1. The SMILES string of the molecule is O=C(CCC(F)(F)F)N[C@H]1CCCCC/C=C\[C@@H]2C[C@@]2(C(=O)NS(=O)(=O)C2CC2)NC(=O)[C@@H]2C[C@@H](OC(=O)N3Cc4cccc(F)c4C3)CN2C1=O. The van der Waals surface area contributed by atoms with E-state index >= 15 is 0 Å². The second-order valence-electron chi connectivity index (χ2n) is 14.2. The fourth-order valence-electron chi connectivity index (χ4n) is 7.10. The number of alkyl halides is 3. The highest BCUT2D eigenvalue weighted by molar-refractivity contribution is 7.91. The van der Waals surface area contributed by atoms with Crippen molar-refractivity contribution in [3.8, 4) is 0 Å². The van der Waals surface area contributed by atoms with Gasteiger partial charge in [-0.2, -0.15) is 13.2 Å². The van der Waals surface area contributed by atoms with Crippen LogP contribution in [0, 0.1) is 11.7 Å². The Hall–Kier alpha value is -4.22. The monoisotopic (exact) mass is 755 g/mol. The van der Waals surface area contributed by atoms with Crippen LogP contribution in [-0.4, -0.2) is 89.6 Å². The number of amides is 5. The third-order valence-corrected chi connectivity index (χ3v) is 12.1. The van der Waals surface area contributed by atoms with Gasteiger partial charge in [-0.3, -0.25) is 28.8 Å². The van der Waals surface area contributed by atoms with Crippen LogP contribution in [0.15, 0.2) is 30.4 Å². The van der Waals surface area contributed by atoms with Gasteiger partial charge in [-0.25, -0.2) is 17.6 Å². The normalized spacial score (nSPS) is 28.7. The maximum atomic E-state index is 14.4. The van der Waals surface area contributed by atoms with Crippen molar-refractivity contribution in [2.45, 2.75) is 119 Å². The Bertz CT molecular complexity index is 1750. The van der Waals surface area contributed by atoms with E-state index in [0.29, 0.717) is 49.7 Å². The van der Waals surface area contributed by atoms with E-state index in [1.165, 1.54) is 17.0 Å². The molecule has 2 saturated carbocycles. The zero-order valence-electron chi connectivity index (χ0n) is 28.3. The van der Waals surface area contributed by atoms with E-state index in [9.17, 15) is 50.0 Å². The Morgan fingerprint density at radius 2 is 1.83 bits per heavy atom. The Morgan fingerprint density at radius 3 is 2.54 bits per heavy atom. The van der Waals surface area contributed by atoms with E-state index in [-0.39, 0.29) is 38.9 Å². The fourth-order valence-corrected chi connectivity index (χ4v) is 8.46. The van der Waals surface area contributed by atoms with Crippen molar-refractivity contribution >= 4 is 39.7 Å². The summed E-state index contributed by atoms with van der Waals surface area (Å²) in [5.74, 6) is -4.58. The van der Waals surface area contributed by atoms with Crippen LogP contribution in [-0.2, 0) is 47.0 Å². The Labute approximate surface area is 297 Å². The van der Waals surface area contributed by atoms with Crippen LogP contribution in [0.3, 0.4) is 0 Å². The van der Waals surface area contributed by atoms with Crippen molar-refractivity contribution in [1.82, 2.24) is 25.2 Å². The van der Waals surface area contributed by atoms with Gasteiger partial charge in [0, 0.05) is 30.9 Å². The van der Waals surface area contributed by atoms with Crippen LogP contribution in [0.5, 0.6) is 0 Å². The second kappa shape index (κ2) is 14.7. The molecular formula is C34H41F4N5O8S. The molecule has 3 aliphatic heterocycles. The molecule has 3 fully saturated rings. The number of sulfonamides is 1. The highest BCUT2D eigenvalue weighted by Crippen LogP contribution is 2.46. The minimum absolute atomic E-state index is 0.0567. The van der Waals surface area contributed by atoms with E-state index in [1.54, 1.807) is 12.1 Å². The molecule has 5 atom stereocenters. The number of allylic oxidation sites excluding steroid dienone is 1. The van der Waals surface area contributed by atoms with Gasteiger partial charge in [0.1, 0.15) is 29.5 Å². The summed E-state index contributed by atoms with van der Waals surface area (Å²) >= 11 is 0. The molecule has 13 nitrogen and oxygen atoms in total. The summed E-state index contributed by atoms with van der Waals surface area (Å²) in [7, 11) is -3.98. The van der Waals surface area contributed by atoms with Crippen molar-refractivity contribution in [1.29, 1.82) is 0 Å². The molecule has 0 unspecified atom stereocenters. The molecule has 5 aliphatic rings. The predicted molar refractivity (Wildman–Crippen MR) is 175 cm³/mol. The fraction of sp³-hybridized carbons (Fsp3) is 0.618. The Morgan fingerprint density at radius 1 is 1.06 bits per heavy atom. The lowest BCUT2D eigenvalue weighted by molar-refractivity contribution is -0.146. The van der Waals surface area contributed by atoms with Crippen LogP contribution in [0.25, 0.3) is 0 Å². The van der Waals surface area contributed by atoms with Gasteiger partial charge >= 0.3 is 12.3 Å². The minimum atomic E-state index is -4.60. The average Bonchev–Trinajstić information content (AvgIpc) is 3.96. The van der Waals surface area contributed by atoms with E-state index in [2.05, 4.69) is 15.4 Å². The molecule has 0 aromatic heterocycles. The summed E-state index contributed by atoms with van der Waals surface area (Å²) in [6, 6.07) is 1.78. The molecule has 3 heterocycles. The molecule has 1 saturated heterocycles. The van der Waals surface area contributed by atoms with Crippen molar-refractivity contribution in [2.24, 2.45) is 5.92 Å². The largest absolute Gasteiger partial charge is 0.444 e. The van der Waals surface area contributed by atoms with Crippen molar-refractivity contribution < 1.29 is 54.7 Å². The number of fused-ring (bicyclic) bond motifs is 3. The third kappa shape index (κ3) is 8.52. The molecule has 0 spiro atoms. The summed E-state index contributed by atoms with van der Waals surface area (Å²) in [6.45, 7) is -0.332. The number of halogens is 4. The lowest BCUT2D eigenvalue weighted by Crippen LogP contribution is -2.58. The summed E-state index contributed by atoms with van der Waals surface area (Å²) in [6.07, 6.45) is -2.35. The summed E-state index contributed by atoms with van der Waals surface area (Å²) < 4.78 is 86.2. The highest BCUT2D eigenvalue weighted by Gasteiger charge is 2.62. The van der Waals surface area contributed by atoms with Gasteiger partial charge in [-0.05, 0) is 50.2 Å². The first-order chi connectivity index (χ1) is 24.6. The number of rotatable bonds is 7. The van der Waals surface area contributed by atoms with Gasteiger partial charge in [-0.15, -0.1) is 0 Å². The van der Waals surface area contributed by atoms with Crippen LogP contribution in [0.4, 0.5) is 22.4 Å². The first-order valence-corrected chi connectivity index (χ1v) is 19.0. The molecule has 18 heteroatoms. The zero-order chi connectivity index (χ0) is 37.4. The van der Waals surface area contributed by atoms with Gasteiger partial charge in [0.05, 0.1) is 24.8 Å². The standard InChI is InChI=1S/C34H41F4N5O8S/c35-25-9-6-7-20-17-42(19-24(20)25)32(48)51-22-15-27-29(45)40-33(31(47)41-52(49,50)23-11-12-23)16-21(33)8-4-2-1-3-5-10-26(30(46)43(27)18-22)39-28(44)13-14-34(36,37)38/h4,6-9,21-23,26-27H,1-3,5,10-19H2,(H,39,44)(H,40,45)(H,41,47)/b8-4-/t21-,22-,26+,27+,33-/m1/s1. The lowest BCUT2D eigenvalue weighted by atomic mass is 10.0. The molecule has 1 aromatic rings. The van der Waals surface area contributed by atoms with E-state index < -0.39 is 99.5 Å². The molecule has 52 heavy (non-hydrogen) atoms. The topological polar surface area (TPSA) is 171 Å². The lowest BCUT2D eigenvalue weighted by Gasteiger charge is -2.30. The summed E-state index contributed by atoms with van der Waals surface area (Å²) in [5.41, 5.74) is -0.719. The summed E-state index contributed by atoms with van der Waals surface area (Å²) in [4.78, 5) is 70.0. The number of benzene rings is 1. The number of hydrogen-bond donors (Lipinski definition) is 3. The average molecular weight is 756 g/mol. The smallest absolute Gasteiger partial charge is 0.410 e. The van der Waals surface area contributed by atoms with Crippen LogP contribution >= 0.6 is 0 Å². The maximum Gasteiger partial charge on any atom is 0.410 e. The number of hydrogen-bond acceptors (Lipinski definition) is 8. The van der Waals surface area contributed by atoms with Crippen molar-refractivity contribution in [2.75, 3.05) is 6.54 Å². The molecular weight excluding hydrogens is 714 g/mol. The van der Waals surface area contributed by atoms with Gasteiger partial charge in [0.25, 0.3) is 5.91 Å². The van der Waals surface area contributed by atoms with Crippen LogP contribution < -0.4 is 15.4 Å². The molecule has 6 rings (SSSR count). The molecule has 284 valence electrons. The van der Waals surface area contributed by atoms with Crippen LogP contribution in [0.2, 0.25) is 0 Å². The Balaban J connectivity index is 1.24. The number of carbonyl (C=O) groups is 5. The number of carbonyl (C=O) groups excluding carboxylic acids is 5. The molecule has 0 bridgehead atoms. The van der Waals surface area contributed by atoms with Crippen LogP contribution in [0.1, 0.15) is 81.8 Å². The molecule has 1 aromatic carbocycles. The van der Waals surface area contributed by atoms with E-state index in [1.807, 2.05) is 6.08 Å². The second-order valence-corrected chi connectivity index (χ2v) is 16.2. The highest BCUT2D eigenvalue weighted by atomic mass is 32.2. The minimum Gasteiger partial charge on any atom is -0.444 e. The van der Waals surface area contributed by atoms with E-state index in [0.717, 1.165) is 4.90 Å². The summed E-state index contributed by atoms with van der Waals surface area (Å²) in [5, 5.41) is 4.38. The van der Waals surface area contributed by atoms with Gasteiger partial charge in [0.2, 0.25) is 27.7 Å². The first kappa shape index (κ1) is 37.5. The molecule has 3 N–H and O–H groups in total. The van der Waals surface area contributed by atoms with Crippen molar-refractivity contribution in [3.63, 3.8) is 0 Å². The Kier molecular flexibility index (Phi) is 10.6. The zero-order valence-corrected chi connectivity index (χ0v) is 29.1. The quantitative estimate of drug-likeness (QED) is 0.282.